The fourth-order valence-electron chi connectivity index (χ4n) is 1.35. The van der Waals surface area contributed by atoms with Gasteiger partial charge in [0.15, 0.2) is 14.6 Å². The molecular weight excluding hydrogens is 310 g/mol. The third-order valence-electron chi connectivity index (χ3n) is 2.88. The van der Waals surface area contributed by atoms with Crippen LogP contribution in [0.15, 0.2) is 18.2 Å². The van der Waals surface area contributed by atoms with E-state index in [-0.39, 0.29) is 10.6 Å². The molecule has 0 spiro atoms. The lowest BCUT2D eigenvalue weighted by Crippen LogP contribution is -2.41. The Labute approximate surface area is 120 Å². The predicted octanol–water partition coefficient (Wildman–Crippen LogP) is 2.03. The van der Waals surface area contributed by atoms with E-state index in [4.69, 9.17) is 16.7 Å². The molecule has 1 N–H and O–H groups in total. The van der Waals surface area contributed by atoms with Crippen molar-refractivity contribution in [1.29, 1.82) is 0 Å². The molecule has 0 aromatic heterocycles. The molecule has 7 nitrogen and oxygen atoms in total. The Morgan fingerprint density at radius 3 is 2.45 bits per heavy atom. The van der Waals surface area contributed by atoms with Crippen LogP contribution in [0.25, 0.3) is 0 Å². The van der Waals surface area contributed by atoms with Crippen LogP contribution < -0.4 is 0 Å². The quantitative estimate of drug-likeness (QED) is 0.655. The molecule has 1 rings (SSSR count). The first kappa shape index (κ1) is 16.4. The van der Waals surface area contributed by atoms with Crippen LogP contribution in [0.1, 0.15) is 19.4 Å². The molecule has 20 heavy (non-hydrogen) atoms. The molecule has 110 valence electrons. The molecule has 0 aliphatic rings. The van der Waals surface area contributed by atoms with E-state index in [2.05, 4.69) is 0 Å². The maximum Gasteiger partial charge on any atom is 0.324 e. The first-order chi connectivity index (χ1) is 8.99. The van der Waals surface area contributed by atoms with Crippen LogP contribution in [0.2, 0.25) is 5.02 Å². The lowest BCUT2D eigenvalue weighted by atomic mass is 10.2. The number of carboxylic acids is 1. The molecule has 0 saturated carbocycles. The number of benzene rings is 1. The molecule has 1 aromatic rings. The molecule has 9 heteroatoms. The highest BCUT2D eigenvalue weighted by molar-refractivity contribution is 7.92. The van der Waals surface area contributed by atoms with Crippen molar-refractivity contribution in [3.05, 3.63) is 38.9 Å². The number of nitrogens with zero attached hydrogens (tertiary/aromatic N) is 1. The number of nitro groups is 1. The average molecular weight is 322 g/mol. The second kappa shape index (κ2) is 5.37. The molecule has 0 saturated heterocycles. The molecule has 0 amide bonds. The van der Waals surface area contributed by atoms with Gasteiger partial charge in [0, 0.05) is 16.7 Å². The summed E-state index contributed by atoms with van der Waals surface area (Å²) in [6.07, 6.45) is 0. The van der Waals surface area contributed by atoms with E-state index in [1.54, 1.807) is 0 Å². The molecule has 0 bridgehead atoms. The lowest BCUT2D eigenvalue weighted by molar-refractivity contribution is -0.385. The van der Waals surface area contributed by atoms with E-state index in [1.165, 1.54) is 12.1 Å². The number of hydrogen-bond donors (Lipinski definition) is 1. The molecule has 0 unspecified atom stereocenters. The minimum absolute atomic E-state index is 0.0929. The van der Waals surface area contributed by atoms with Crippen molar-refractivity contribution in [2.45, 2.75) is 24.3 Å². The summed E-state index contributed by atoms with van der Waals surface area (Å²) in [6, 6.07) is 3.54. The fourth-order valence-corrected chi connectivity index (χ4v) is 2.79. The molecule has 0 aliphatic heterocycles. The molecule has 0 heterocycles. The van der Waals surface area contributed by atoms with Crippen LogP contribution in [0.4, 0.5) is 5.69 Å². The van der Waals surface area contributed by atoms with Crippen molar-refractivity contribution in [1.82, 2.24) is 0 Å². The summed E-state index contributed by atoms with van der Waals surface area (Å²) in [5, 5.41) is 19.9. The lowest BCUT2D eigenvalue weighted by Gasteiger charge is -2.19. The normalized spacial score (nSPS) is 12.2. The van der Waals surface area contributed by atoms with Gasteiger partial charge in [-0.15, -0.1) is 0 Å². The number of sulfone groups is 1. The standard InChI is InChI=1S/C11H12ClNO6S/c1-11(2,10(14)15)20(18,19)6-7-3-4-8(12)5-9(7)13(16)17/h3-5H,6H2,1-2H3,(H,14,15). The number of halogens is 1. The van der Waals surface area contributed by atoms with Gasteiger partial charge in [0.1, 0.15) is 0 Å². The summed E-state index contributed by atoms with van der Waals surface area (Å²) in [5.74, 6) is -2.27. The van der Waals surface area contributed by atoms with Gasteiger partial charge in [0.05, 0.1) is 10.7 Å². The van der Waals surface area contributed by atoms with E-state index in [9.17, 15) is 23.3 Å². The minimum atomic E-state index is -4.13. The van der Waals surface area contributed by atoms with Crippen LogP contribution in [-0.4, -0.2) is 29.2 Å². The van der Waals surface area contributed by atoms with Gasteiger partial charge in [-0.2, -0.15) is 0 Å². The third kappa shape index (κ3) is 3.07. The Kier molecular flexibility index (Phi) is 4.40. The monoisotopic (exact) mass is 321 g/mol. The summed E-state index contributed by atoms with van der Waals surface area (Å²) >= 11 is 5.62. The van der Waals surface area contributed by atoms with Crippen LogP contribution in [0.5, 0.6) is 0 Å². The third-order valence-corrected chi connectivity index (χ3v) is 5.54. The minimum Gasteiger partial charge on any atom is -0.480 e. The first-order valence-electron chi connectivity index (χ1n) is 5.37. The van der Waals surface area contributed by atoms with Crippen molar-refractivity contribution in [2.75, 3.05) is 0 Å². The number of rotatable bonds is 5. The maximum absolute atomic E-state index is 12.1. The van der Waals surface area contributed by atoms with E-state index >= 15 is 0 Å². The van der Waals surface area contributed by atoms with Gasteiger partial charge in [0.2, 0.25) is 0 Å². The van der Waals surface area contributed by atoms with E-state index in [0.29, 0.717) is 0 Å². The zero-order chi connectivity index (χ0) is 15.7. The second-order valence-corrected chi connectivity index (χ2v) is 7.58. The Morgan fingerprint density at radius 1 is 1.45 bits per heavy atom. The average Bonchev–Trinajstić information content (AvgIpc) is 2.30. The van der Waals surface area contributed by atoms with Crippen molar-refractivity contribution in [3.8, 4) is 0 Å². The SMILES string of the molecule is CC(C)(C(=O)O)S(=O)(=O)Cc1ccc(Cl)cc1[N+](=O)[O-]. The highest BCUT2D eigenvalue weighted by Gasteiger charge is 2.42. The second-order valence-electron chi connectivity index (χ2n) is 4.60. The number of carboxylic acid groups (broad SMARTS) is 1. The first-order valence-corrected chi connectivity index (χ1v) is 7.40. The van der Waals surface area contributed by atoms with Crippen LogP contribution in [-0.2, 0) is 20.4 Å². The summed E-state index contributed by atoms with van der Waals surface area (Å²) in [6.45, 7) is 2.07. The molecular formula is C11H12ClNO6S. The molecule has 0 fully saturated rings. The van der Waals surface area contributed by atoms with Gasteiger partial charge < -0.3 is 5.11 Å². The van der Waals surface area contributed by atoms with Gasteiger partial charge >= 0.3 is 5.97 Å². The van der Waals surface area contributed by atoms with Crippen molar-refractivity contribution in [2.24, 2.45) is 0 Å². The summed E-state index contributed by atoms with van der Waals surface area (Å²) < 4.78 is 22.1. The highest BCUT2D eigenvalue weighted by Crippen LogP contribution is 2.28. The van der Waals surface area contributed by atoms with Gasteiger partial charge in [-0.3, -0.25) is 14.9 Å². The van der Waals surface area contributed by atoms with Crippen molar-refractivity contribution < 1.29 is 23.2 Å². The van der Waals surface area contributed by atoms with Crippen LogP contribution in [0, 0.1) is 10.1 Å². The van der Waals surface area contributed by atoms with Crippen molar-refractivity contribution in [3.63, 3.8) is 0 Å². The Bertz CT molecular complexity index is 667. The van der Waals surface area contributed by atoms with E-state index in [1.807, 2.05) is 0 Å². The number of carbonyl (C=O) groups is 1. The van der Waals surface area contributed by atoms with E-state index < -0.39 is 36.9 Å². The Balaban J connectivity index is 3.30. The highest BCUT2D eigenvalue weighted by atomic mass is 35.5. The molecule has 0 atom stereocenters. The maximum atomic E-state index is 12.1. The topological polar surface area (TPSA) is 115 Å². The Morgan fingerprint density at radius 2 is 2.00 bits per heavy atom. The summed E-state index contributed by atoms with van der Waals surface area (Å²) in [7, 11) is -4.13. The summed E-state index contributed by atoms with van der Waals surface area (Å²) in [4.78, 5) is 21.1. The molecule has 0 radical (unpaired) electrons. The van der Waals surface area contributed by atoms with Crippen LogP contribution in [0.3, 0.4) is 0 Å². The van der Waals surface area contributed by atoms with Gasteiger partial charge in [-0.1, -0.05) is 11.6 Å². The van der Waals surface area contributed by atoms with Crippen LogP contribution >= 0.6 is 11.6 Å². The summed E-state index contributed by atoms with van der Waals surface area (Å²) in [5.41, 5.74) is -0.559. The fraction of sp³-hybridized carbons (Fsp3) is 0.364. The molecule has 1 aromatic carbocycles. The largest absolute Gasteiger partial charge is 0.480 e. The zero-order valence-electron chi connectivity index (χ0n) is 10.7. The number of aliphatic carboxylic acids is 1. The zero-order valence-corrected chi connectivity index (χ0v) is 12.2. The predicted molar refractivity (Wildman–Crippen MR) is 72.4 cm³/mol. The number of nitro benzene ring substituents is 1. The molecule has 0 aliphatic carbocycles. The van der Waals surface area contributed by atoms with Crippen molar-refractivity contribution >= 4 is 33.1 Å². The smallest absolute Gasteiger partial charge is 0.324 e. The van der Waals surface area contributed by atoms with Gasteiger partial charge in [-0.25, -0.2) is 8.42 Å². The Hall–Kier alpha value is -1.67. The number of hydrogen-bond acceptors (Lipinski definition) is 5. The van der Waals surface area contributed by atoms with Gasteiger partial charge in [0.25, 0.3) is 5.69 Å². The van der Waals surface area contributed by atoms with Gasteiger partial charge in [-0.05, 0) is 26.0 Å². The van der Waals surface area contributed by atoms with E-state index in [0.717, 1.165) is 19.9 Å².